The van der Waals surface area contributed by atoms with Gasteiger partial charge in [-0.2, -0.15) is 0 Å². The van der Waals surface area contributed by atoms with Crippen LogP contribution in [0.1, 0.15) is 73.1 Å². The number of carbonyl (C=O) groups excluding carboxylic acids is 3. The van der Waals surface area contributed by atoms with Crippen molar-refractivity contribution in [1.82, 2.24) is 14.8 Å². The van der Waals surface area contributed by atoms with Crippen LogP contribution >= 0.6 is 0 Å². The number of aromatic nitrogens is 1. The monoisotopic (exact) mass is 383 g/mol. The first-order valence-corrected chi connectivity index (χ1v) is 10.4. The predicted octanol–water partition coefficient (Wildman–Crippen LogP) is 3.65. The molecule has 0 unspecified atom stereocenters. The van der Waals surface area contributed by atoms with E-state index in [0.717, 1.165) is 35.7 Å². The number of allylic oxidation sites excluding steroid dienone is 2. The molecular formula is C22H29N3O3. The Morgan fingerprint density at radius 3 is 2.57 bits per heavy atom. The van der Waals surface area contributed by atoms with Crippen LogP contribution in [0, 0.1) is 13.8 Å². The van der Waals surface area contributed by atoms with Gasteiger partial charge in [0.05, 0.1) is 6.54 Å². The van der Waals surface area contributed by atoms with E-state index < -0.39 is 11.6 Å². The fourth-order valence-corrected chi connectivity index (χ4v) is 4.73. The molecule has 2 aliphatic carbocycles. The molecule has 150 valence electrons. The van der Waals surface area contributed by atoms with Crippen LogP contribution in [0.3, 0.4) is 0 Å². The number of rotatable bonds is 6. The third kappa shape index (κ3) is 3.19. The van der Waals surface area contributed by atoms with Crippen molar-refractivity contribution in [3.63, 3.8) is 0 Å². The Morgan fingerprint density at radius 1 is 1.18 bits per heavy atom. The SMILES string of the molecule is Cc1cc(C(=O)CN2C(=O)NC3(CCC3)C2=O)c(C)n1CCC1=CCCCC1. The van der Waals surface area contributed by atoms with Gasteiger partial charge in [-0.3, -0.25) is 14.5 Å². The lowest BCUT2D eigenvalue weighted by molar-refractivity contribution is -0.133. The molecule has 2 fully saturated rings. The molecule has 0 atom stereocenters. The highest BCUT2D eigenvalue weighted by molar-refractivity contribution is 6.11. The van der Waals surface area contributed by atoms with Crippen LogP contribution in [0.25, 0.3) is 0 Å². The maximum atomic E-state index is 12.9. The molecule has 0 aromatic carbocycles. The average molecular weight is 383 g/mol. The van der Waals surface area contributed by atoms with E-state index in [1.54, 1.807) is 0 Å². The Hall–Kier alpha value is -2.37. The number of hydrogen-bond acceptors (Lipinski definition) is 3. The van der Waals surface area contributed by atoms with Crippen molar-refractivity contribution >= 4 is 17.7 Å². The number of Topliss-reactive ketones (excluding diaryl/α,β-unsaturated/α-hetero) is 1. The smallest absolute Gasteiger partial charge is 0.325 e. The fourth-order valence-electron chi connectivity index (χ4n) is 4.73. The molecule has 28 heavy (non-hydrogen) atoms. The first kappa shape index (κ1) is 19.0. The van der Waals surface area contributed by atoms with Gasteiger partial charge in [0.2, 0.25) is 0 Å². The second kappa shape index (κ2) is 7.22. The van der Waals surface area contributed by atoms with Gasteiger partial charge in [0.1, 0.15) is 5.54 Å². The van der Waals surface area contributed by atoms with E-state index in [0.29, 0.717) is 18.4 Å². The summed E-state index contributed by atoms with van der Waals surface area (Å²) in [5.74, 6) is -0.411. The zero-order valence-electron chi connectivity index (χ0n) is 16.8. The molecule has 6 heteroatoms. The largest absolute Gasteiger partial charge is 0.348 e. The molecule has 1 spiro atoms. The molecule has 1 saturated heterocycles. The summed E-state index contributed by atoms with van der Waals surface area (Å²) >= 11 is 0. The Bertz CT molecular complexity index is 861. The first-order chi connectivity index (χ1) is 13.4. The maximum absolute atomic E-state index is 12.9. The van der Waals surface area contributed by atoms with E-state index in [1.165, 1.54) is 31.3 Å². The maximum Gasteiger partial charge on any atom is 0.325 e. The molecule has 1 aromatic rings. The van der Waals surface area contributed by atoms with E-state index in [1.807, 2.05) is 19.9 Å². The summed E-state index contributed by atoms with van der Waals surface area (Å²) in [6.45, 7) is 4.65. The lowest BCUT2D eigenvalue weighted by Gasteiger charge is -2.34. The summed E-state index contributed by atoms with van der Waals surface area (Å²) in [7, 11) is 0. The molecule has 1 saturated carbocycles. The van der Waals surface area contributed by atoms with Gasteiger partial charge in [0.25, 0.3) is 5.91 Å². The summed E-state index contributed by atoms with van der Waals surface area (Å²) in [4.78, 5) is 38.8. The number of urea groups is 1. The minimum atomic E-state index is -0.734. The van der Waals surface area contributed by atoms with Crippen LogP contribution < -0.4 is 5.32 Å². The second-order valence-corrected chi connectivity index (χ2v) is 8.47. The van der Waals surface area contributed by atoms with Crippen LogP contribution in [0.15, 0.2) is 17.7 Å². The molecule has 1 aliphatic heterocycles. The zero-order chi connectivity index (χ0) is 19.9. The minimum absolute atomic E-state index is 0.170. The van der Waals surface area contributed by atoms with Crippen LogP contribution in [-0.4, -0.2) is 39.3 Å². The van der Waals surface area contributed by atoms with Gasteiger partial charge in [0.15, 0.2) is 5.78 Å². The highest BCUT2D eigenvalue weighted by atomic mass is 16.2. The topological polar surface area (TPSA) is 71.4 Å². The Morgan fingerprint density at radius 2 is 1.96 bits per heavy atom. The molecule has 4 rings (SSSR count). The Labute approximate surface area is 166 Å². The quantitative estimate of drug-likeness (QED) is 0.463. The number of ketones is 1. The van der Waals surface area contributed by atoms with Crippen LogP contribution in [0.5, 0.6) is 0 Å². The van der Waals surface area contributed by atoms with Crippen LogP contribution in [-0.2, 0) is 11.3 Å². The molecule has 0 radical (unpaired) electrons. The number of nitrogens with zero attached hydrogens (tertiary/aromatic N) is 2. The summed E-state index contributed by atoms with van der Waals surface area (Å²) in [5, 5.41) is 2.79. The number of hydrogen-bond donors (Lipinski definition) is 1. The van der Waals surface area contributed by atoms with Gasteiger partial charge in [0, 0.05) is 23.5 Å². The van der Waals surface area contributed by atoms with Gasteiger partial charge in [-0.05, 0) is 71.3 Å². The highest BCUT2D eigenvalue weighted by Crippen LogP contribution is 2.37. The molecule has 2 heterocycles. The fraction of sp³-hybridized carbons (Fsp3) is 0.591. The standard InChI is InChI=1S/C22H29N3O3/c1-15-13-18(16(2)24(15)12-9-17-7-4-3-5-8-17)19(26)14-25-20(27)22(10-6-11-22)23-21(25)28/h7,13H,3-6,8-12,14H2,1-2H3,(H,23,28). The lowest BCUT2D eigenvalue weighted by atomic mass is 9.77. The van der Waals surface area contributed by atoms with Crippen molar-refractivity contribution < 1.29 is 14.4 Å². The Balaban J connectivity index is 1.45. The molecule has 1 N–H and O–H groups in total. The van der Waals surface area contributed by atoms with Crippen molar-refractivity contribution in [1.29, 1.82) is 0 Å². The first-order valence-electron chi connectivity index (χ1n) is 10.4. The van der Waals surface area contributed by atoms with Crippen LogP contribution in [0.2, 0.25) is 0 Å². The third-order valence-electron chi connectivity index (χ3n) is 6.67. The summed E-state index contributed by atoms with van der Waals surface area (Å²) in [6, 6.07) is 1.46. The van der Waals surface area contributed by atoms with Gasteiger partial charge < -0.3 is 9.88 Å². The number of amides is 3. The van der Waals surface area contributed by atoms with Crippen molar-refractivity contribution in [2.24, 2.45) is 0 Å². The molecule has 3 aliphatic rings. The van der Waals surface area contributed by atoms with Crippen molar-refractivity contribution in [2.45, 2.75) is 77.3 Å². The number of carbonyl (C=O) groups is 3. The summed E-state index contributed by atoms with van der Waals surface area (Å²) in [5.41, 5.74) is 3.36. The van der Waals surface area contributed by atoms with Crippen molar-refractivity contribution in [3.05, 3.63) is 34.7 Å². The van der Waals surface area contributed by atoms with Gasteiger partial charge in [-0.25, -0.2) is 4.79 Å². The van der Waals surface area contributed by atoms with Crippen LogP contribution in [0.4, 0.5) is 4.79 Å². The molecule has 6 nitrogen and oxygen atoms in total. The van der Waals surface area contributed by atoms with E-state index in [9.17, 15) is 14.4 Å². The van der Waals surface area contributed by atoms with E-state index in [-0.39, 0.29) is 18.2 Å². The van der Waals surface area contributed by atoms with Crippen molar-refractivity contribution in [3.8, 4) is 0 Å². The third-order valence-corrected chi connectivity index (χ3v) is 6.67. The lowest BCUT2D eigenvalue weighted by Crippen LogP contribution is -2.52. The average Bonchev–Trinajstić information content (AvgIpc) is 3.08. The number of aryl methyl sites for hydroxylation is 1. The van der Waals surface area contributed by atoms with E-state index in [2.05, 4.69) is 16.0 Å². The molecular weight excluding hydrogens is 354 g/mol. The summed E-state index contributed by atoms with van der Waals surface area (Å²) < 4.78 is 2.18. The predicted molar refractivity (Wildman–Crippen MR) is 106 cm³/mol. The molecule has 0 bridgehead atoms. The zero-order valence-corrected chi connectivity index (χ0v) is 16.8. The Kier molecular flexibility index (Phi) is 4.89. The number of imide groups is 1. The molecule has 1 aromatic heterocycles. The summed E-state index contributed by atoms with van der Waals surface area (Å²) in [6.07, 6.45) is 10.6. The van der Waals surface area contributed by atoms with Gasteiger partial charge in [-0.15, -0.1) is 0 Å². The van der Waals surface area contributed by atoms with Gasteiger partial charge >= 0.3 is 6.03 Å². The van der Waals surface area contributed by atoms with E-state index in [4.69, 9.17) is 0 Å². The molecule has 3 amide bonds. The number of nitrogens with one attached hydrogen (secondary N) is 1. The highest BCUT2D eigenvalue weighted by Gasteiger charge is 2.55. The minimum Gasteiger partial charge on any atom is -0.348 e. The van der Waals surface area contributed by atoms with Gasteiger partial charge in [-0.1, -0.05) is 11.6 Å². The van der Waals surface area contributed by atoms with E-state index >= 15 is 0 Å². The van der Waals surface area contributed by atoms with Crippen molar-refractivity contribution in [2.75, 3.05) is 6.54 Å². The normalized spacial score (nSPS) is 20.9. The second-order valence-electron chi connectivity index (χ2n) is 8.47.